The van der Waals surface area contributed by atoms with Gasteiger partial charge >= 0.3 is 0 Å². The number of nitrogens with zero attached hydrogens (tertiary/aromatic N) is 2. The van der Waals surface area contributed by atoms with Crippen LogP contribution in [0, 0.1) is 0 Å². The number of carbonyl (C=O) groups excluding carboxylic acids is 1. The lowest BCUT2D eigenvalue weighted by atomic mass is 10.0. The van der Waals surface area contributed by atoms with E-state index in [4.69, 9.17) is 0 Å². The summed E-state index contributed by atoms with van der Waals surface area (Å²) >= 11 is 0. The van der Waals surface area contributed by atoms with Crippen molar-refractivity contribution in [2.75, 3.05) is 0 Å². The van der Waals surface area contributed by atoms with Crippen molar-refractivity contribution in [3.63, 3.8) is 0 Å². The van der Waals surface area contributed by atoms with E-state index in [1.807, 2.05) is 23.5 Å². The summed E-state index contributed by atoms with van der Waals surface area (Å²) in [6.07, 6.45) is 5.89. The van der Waals surface area contributed by atoms with E-state index < -0.39 is 0 Å². The Morgan fingerprint density at radius 3 is 2.95 bits per heavy atom. The number of para-hydroxylation sites is 1. The molecular formula is C17H17N3O2. The average Bonchev–Trinajstić information content (AvgIpc) is 3.00. The van der Waals surface area contributed by atoms with Crippen LogP contribution in [0.25, 0.3) is 5.52 Å². The van der Waals surface area contributed by atoms with E-state index in [-0.39, 0.29) is 17.7 Å². The van der Waals surface area contributed by atoms with Crippen molar-refractivity contribution in [1.29, 1.82) is 0 Å². The summed E-state index contributed by atoms with van der Waals surface area (Å²) in [5, 5.41) is 12.9. The Balaban J connectivity index is 1.84. The Hall–Kier alpha value is -2.82. The molecule has 3 aromatic rings. The van der Waals surface area contributed by atoms with Gasteiger partial charge in [-0.2, -0.15) is 0 Å². The van der Waals surface area contributed by atoms with Gasteiger partial charge in [0.05, 0.1) is 24.1 Å². The molecule has 0 aliphatic carbocycles. The van der Waals surface area contributed by atoms with E-state index in [2.05, 4.69) is 10.3 Å². The summed E-state index contributed by atoms with van der Waals surface area (Å²) < 4.78 is 1.84. The highest BCUT2D eigenvalue weighted by Crippen LogP contribution is 2.26. The molecule has 0 fully saturated rings. The van der Waals surface area contributed by atoms with E-state index in [0.717, 1.165) is 11.1 Å². The SMILES string of the molecule is CC[C@@H](NC(=O)c1ccn2cncc2c1)c1ccccc1O. The maximum Gasteiger partial charge on any atom is 0.251 e. The molecule has 0 aliphatic rings. The van der Waals surface area contributed by atoms with Crippen LogP contribution < -0.4 is 5.32 Å². The fourth-order valence-electron chi connectivity index (χ4n) is 2.48. The van der Waals surface area contributed by atoms with Crippen molar-refractivity contribution in [2.45, 2.75) is 19.4 Å². The lowest BCUT2D eigenvalue weighted by Crippen LogP contribution is -2.28. The minimum Gasteiger partial charge on any atom is -0.508 e. The fourth-order valence-corrected chi connectivity index (χ4v) is 2.48. The number of imidazole rings is 1. The van der Waals surface area contributed by atoms with Gasteiger partial charge in [-0.3, -0.25) is 4.79 Å². The molecule has 0 radical (unpaired) electrons. The minimum atomic E-state index is -0.227. The predicted molar refractivity (Wildman–Crippen MR) is 83.8 cm³/mol. The van der Waals surface area contributed by atoms with Crippen LogP contribution in [0.4, 0.5) is 0 Å². The Morgan fingerprint density at radius 1 is 1.36 bits per heavy atom. The first-order valence-corrected chi connectivity index (χ1v) is 7.19. The molecule has 2 aromatic heterocycles. The number of carbonyl (C=O) groups is 1. The zero-order chi connectivity index (χ0) is 15.5. The predicted octanol–water partition coefficient (Wildman–Crippen LogP) is 2.92. The van der Waals surface area contributed by atoms with Crippen LogP contribution in [0.3, 0.4) is 0 Å². The van der Waals surface area contributed by atoms with Crippen molar-refractivity contribution >= 4 is 11.4 Å². The van der Waals surface area contributed by atoms with Crippen LogP contribution in [0.2, 0.25) is 0 Å². The van der Waals surface area contributed by atoms with E-state index in [1.165, 1.54) is 0 Å². The van der Waals surface area contributed by atoms with Gasteiger partial charge in [0.15, 0.2) is 0 Å². The largest absolute Gasteiger partial charge is 0.508 e. The summed E-state index contributed by atoms with van der Waals surface area (Å²) in [6.45, 7) is 1.97. The van der Waals surface area contributed by atoms with Gasteiger partial charge in [-0.05, 0) is 24.6 Å². The first-order chi connectivity index (χ1) is 10.7. The Morgan fingerprint density at radius 2 is 2.18 bits per heavy atom. The Kier molecular flexibility index (Phi) is 3.78. The van der Waals surface area contributed by atoms with Gasteiger partial charge in [-0.25, -0.2) is 4.98 Å². The number of benzene rings is 1. The monoisotopic (exact) mass is 295 g/mol. The van der Waals surface area contributed by atoms with Crippen LogP contribution in [-0.2, 0) is 0 Å². The quantitative estimate of drug-likeness (QED) is 0.777. The average molecular weight is 295 g/mol. The van der Waals surface area contributed by atoms with E-state index in [9.17, 15) is 9.90 Å². The van der Waals surface area contributed by atoms with Crippen LogP contribution in [-0.4, -0.2) is 20.4 Å². The third-order valence-corrected chi connectivity index (χ3v) is 3.70. The highest BCUT2D eigenvalue weighted by Gasteiger charge is 2.17. The molecule has 2 N–H and O–H groups in total. The van der Waals surface area contributed by atoms with Crippen molar-refractivity contribution < 1.29 is 9.90 Å². The van der Waals surface area contributed by atoms with Crippen LogP contribution in [0.5, 0.6) is 5.75 Å². The second-order valence-electron chi connectivity index (χ2n) is 5.13. The van der Waals surface area contributed by atoms with Gasteiger partial charge in [0.2, 0.25) is 0 Å². The number of rotatable bonds is 4. The molecule has 1 amide bonds. The summed E-state index contributed by atoms with van der Waals surface area (Å²) in [5.41, 5.74) is 2.16. The molecule has 112 valence electrons. The molecule has 0 saturated heterocycles. The van der Waals surface area contributed by atoms with Crippen molar-refractivity contribution in [3.05, 3.63) is 66.2 Å². The number of amides is 1. The number of fused-ring (bicyclic) bond motifs is 1. The summed E-state index contributed by atoms with van der Waals surface area (Å²) in [6, 6.07) is 10.4. The molecule has 1 atom stereocenters. The third-order valence-electron chi connectivity index (χ3n) is 3.70. The molecule has 0 spiro atoms. The van der Waals surface area contributed by atoms with Gasteiger partial charge < -0.3 is 14.8 Å². The lowest BCUT2D eigenvalue weighted by molar-refractivity contribution is 0.0935. The molecule has 5 heteroatoms. The smallest absolute Gasteiger partial charge is 0.251 e. The van der Waals surface area contributed by atoms with Gasteiger partial charge in [0.25, 0.3) is 5.91 Å². The van der Waals surface area contributed by atoms with Crippen molar-refractivity contribution in [2.24, 2.45) is 0 Å². The van der Waals surface area contributed by atoms with Gasteiger partial charge in [-0.1, -0.05) is 25.1 Å². The number of phenols is 1. The second kappa shape index (κ2) is 5.89. The first-order valence-electron chi connectivity index (χ1n) is 7.19. The molecule has 0 unspecified atom stereocenters. The molecular weight excluding hydrogens is 278 g/mol. The zero-order valence-corrected chi connectivity index (χ0v) is 12.2. The van der Waals surface area contributed by atoms with E-state index >= 15 is 0 Å². The highest BCUT2D eigenvalue weighted by atomic mass is 16.3. The first kappa shape index (κ1) is 14.1. The Labute approximate surface area is 128 Å². The normalized spacial score (nSPS) is 12.2. The molecule has 5 nitrogen and oxygen atoms in total. The summed E-state index contributed by atoms with van der Waals surface area (Å²) in [4.78, 5) is 16.5. The summed E-state index contributed by atoms with van der Waals surface area (Å²) in [5.74, 6) is 0.0275. The maximum absolute atomic E-state index is 12.4. The molecule has 0 saturated carbocycles. The van der Waals surface area contributed by atoms with Crippen molar-refractivity contribution in [1.82, 2.24) is 14.7 Å². The number of aromatic nitrogens is 2. The van der Waals surface area contributed by atoms with Gasteiger partial charge in [0, 0.05) is 17.3 Å². The molecule has 22 heavy (non-hydrogen) atoms. The highest BCUT2D eigenvalue weighted by molar-refractivity contribution is 5.95. The minimum absolute atomic E-state index is 0.168. The maximum atomic E-state index is 12.4. The number of hydrogen-bond acceptors (Lipinski definition) is 3. The van der Waals surface area contributed by atoms with Gasteiger partial charge in [0.1, 0.15) is 5.75 Å². The molecule has 2 heterocycles. The van der Waals surface area contributed by atoms with Crippen LogP contribution in [0.15, 0.2) is 55.1 Å². The van der Waals surface area contributed by atoms with Crippen LogP contribution >= 0.6 is 0 Å². The molecule has 0 aliphatic heterocycles. The number of aromatic hydroxyl groups is 1. The number of hydrogen-bond donors (Lipinski definition) is 2. The Bertz CT molecular complexity index is 810. The number of phenolic OH excluding ortho intramolecular Hbond substituents is 1. The van der Waals surface area contributed by atoms with Gasteiger partial charge in [-0.15, -0.1) is 0 Å². The van der Waals surface area contributed by atoms with Crippen molar-refractivity contribution in [3.8, 4) is 5.75 Å². The van der Waals surface area contributed by atoms with Crippen LogP contribution in [0.1, 0.15) is 35.3 Å². The van der Waals surface area contributed by atoms with E-state index in [0.29, 0.717) is 12.0 Å². The molecule has 0 bridgehead atoms. The topological polar surface area (TPSA) is 66.6 Å². The van der Waals surface area contributed by atoms with E-state index in [1.54, 1.807) is 43.0 Å². The summed E-state index contributed by atoms with van der Waals surface area (Å²) in [7, 11) is 0. The molecule has 1 aromatic carbocycles. The number of pyridine rings is 1. The lowest BCUT2D eigenvalue weighted by Gasteiger charge is -2.18. The fraction of sp³-hybridized carbons (Fsp3) is 0.176. The second-order valence-corrected chi connectivity index (χ2v) is 5.13. The molecule has 3 rings (SSSR count). The number of nitrogens with one attached hydrogen (secondary N) is 1. The standard InChI is InChI=1S/C17H17N3O2/c1-2-15(14-5-3-4-6-16(14)21)19-17(22)12-7-8-20-11-18-10-13(20)9-12/h3-11,15,21H,2H2,1H3,(H,19,22)/t15-/m1/s1. The zero-order valence-electron chi connectivity index (χ0n) is 12.2. The third kappa shape index (κ3) is 2.65.